The molecule has 10 heteroatoms. The molecule has 0 radical (unpaired) electrons. The van der Waals surface area contributed by atoms with E-state index in [9.17, 15) is 4.79 Å². The minimum Gasteiger partial charge on any atom is -0.457 e. The van der Waals surface area contributed by atoms with E-state index < -0.39 is 31.3 Å². The van der Waals surface area contributed by atoms with Crippen molar-refractivity contribution < 1.29 is 33.1 Å². The first-order valence-corrected chi connectivity index (χ1v) is 18.4. The van der Waals surface area contributed by atoms with Crippen LogP contribution in [0.5, 0.6) is 0 Å². The van der Waals surface area contributed by atoms with Gasteiger partial charge in [0.15, 0.2) is 16.6 Å². The van der Waals surface area contributed by atoms with E-state index >= 15 is 0 Å². The van der Waals surface area contributed by atoms with Gasteiger partial charge in [0.05, 0.1) is 13.2 Å². The van der Waals surface area contributed by atoms with E-state index in [1.807, 2.05) is 13.5 Å². The van der Waals surface area contributed by atoms with Gasteiger partial charge in [-0.2, -0.15) is 0 Å². The van der Waals surface area contributed by atoms with Gasteiger partial charge in [-0.15, -0.1) is 0 Å². The summed E-state index contributed by atoms with van der Waals surface area (Å²) in [4.78, 5) is 11.9. The number of hydrogen-bond acceptors (Lipinski definition) is 7. The van der Waals surface area contributed by atoms with Crippen molar-refractivity contribution in [3.63, 3.8) is 0 Å². The number of esters is 1. The summed E-state index contributed by atoms with van der Waals surface area (Å²) in [5.41, 5.74) is 0.103. The van der Waals surface area contributed by atoms with Gasteiger partial charge in [-0.1, -0.05) is 13.5 Å². The number of rotatable bonds is 10. The van der Waals surface area contributed by atoms with E-state index in [0.29, 0.717) is 12.0 Å². The average molecular weight is 441 g/mol. The third-order valence-corrected chi connectivity index (χ3v) is 12.8. The Morgan fingerprint density at radius 3 is 1.52 bits per heavy atom. The Labute approximate surface area is 167 Å². The summed E-state index contributed by atoms with van der Waals surface area (Å²) >= 11 is 0. The first-order chi connectivity index (χ1) is 12.0. The highest BCUT2D eigenvalue weighted by Gasteiger charge is 2.48. The summed E-state index contributed by atoms with van der Waals surface area (Å²) in [6, 6.07) is 0. The van der Waals surface area contributed by atoms with Crippen molar-refractivity contribution in [1.82, 2.24) is 0 Å². The van der Waals surface area contributed by atoms with E-state index in [4.69, 9.17) is 28.3 Å². The van der Waals surface area contributed by atoms with Crippen LogP contribution in [0.15, 0.2) is 12.2 Å². The van der Waals surface area contributed by atoms with Crippen molar-refractivity contribution in [2.24, 2.45) is 0 Å². The quantitative estimate of drug-likeness (QED) is 0.272. The van der Waals surface area contributed by atoms with Crippen LogP contribution in [0, 0.1) is 0 Å². The van der Waals surface area contributed by atoms with Gasteiger partial charge in [-0.05, 0) is 59.2 Å². The molecule has 0 amide bonds. The first kappa shape index (κ1) is 28.9. The van der Waals surface area contributed by atoms with Gasteiger partial charge in [0.1, 0.15) is 11.8 Å². The Morgan fingerprint density at radius 1 is 0.963 bits per heavy atom. The van der Waals surface area contributed by atoms with Gasteiger partial charge in [-0.3, -0.25) is 0 Å². The summed E-state index contributed by atoms with van der Waals surface area (Å²) in [5, 5.41) is 24.0. The number of ether oxygens (including phenoxy) is 1. The number of aliphatic hydroxyl groups excluding tert-OH is 3. The molecule has 0 aromatic rings. The molecular weight excluding hydrogens is 400 g/mol. The molecule has 0 fully saturated rings. The highest BCUT2D eigenvalue weighted by Crippen LogP contribution is 2.27. The highest BCUT2D eigenvalue weighted by atomic mass is 28.5. The molecule has 0 saturated heterocycles. The van der Waals surface area contributed by atoms with E-state index in [0.717, 1.165) is 0 Å². The summed E-state index contributed by atoms with van der Waals surface area (Å²) in [5.74, 6) is -0.362. The Bertz CT molecular complexity index is 438. The second-order valence-corrected chi connectivity index (χ2v) is 21.3. The summed E-state index contributed by atoms with van der Waals surface area (Å²) in [6.45, 7) is 21.4. The second-order valence-electron chi connectivity index (χ2n) is 8.55. The lowest BCUT2D eigenvalue weighted by molar-refractivity contribution is -0.142. The normalized spacial score (nSPS) is 13.7. The molecule has 7 nitrogen and oxygen atoms in total. The highest BCUT2D eigenvalue weighted by molar-refractivity contribution is 6.88. The van der Waals surface area contributed by atoms with Crippen LogP contribution in [0.4, 0.5) is 0 Å². The minimum absolute atomic E-state index is 0.305. The van der Waals surface area contributed by atoms with Crippen LogP contribution >= 0.6 is 0 Å². The maximum absolute atomic E-state index is 11.9. The zero-order chi connectivity index (χ0) is 22.1. The summed E-state index contributed by atoms with van der Waals surface area (Å²) in [7, 11) is -6.23. The predicted octanol–water partition coefficient (Wildman–Crippen LogP) is 2.53. The Balaban J connectivity index is 0. The standard InChI is InChI=1S/C14H32O4Si3.C3H8O3/c1-11-13(16-14(15)12(2)3)21(10,17-19(4,5)6)18-20(7,8)9;4-1-3(6)2-5/h13H,2,11H2,1,3-10H3;3-6H,1-2H2. The molecular formula is C17H40O7Si3. The van der Waals surface area contributed by atoms with E-state index in [2.05, 4.69) is 45.9 Å². The third-order valence-electron chi connectivity index (χ3n) is 2.99. The van der Waals surface area contributed by atoms with Crippen molar-refractivity contribution in [2.75, 3.05) is 13.2 Å². The number of carbonyl (C=O) groups is 1. The fourth-order valence-electron chi connectivity index (χ4n) is 2.22. The Hall–Kier alpha value is -0.339. The fourth-order valence-corrected chi connectivity index (χ4v) is 14.6. The van der Waals surface area contributed by atoms with Crippen LogP contribution in [-0.2, 0) is 17.8 Å². The molecule has 0 aromatic carbocycles. The van der Waals surface area contributed by atoms with Gasteiger partial charge in [0.2, 0.25) is 0 Å². The van der Waals surface area contributed by atoms with Gasteiger partial charge < -0.3 is 28.3 Å². The molecule has 0 aromatic heterocycles. The van der Waals surface area contributed by atoms with Crippen LogP contribution in [0.1, 0.15) is 20.3 Å². The largest absolute Gasteiger partial charge is 0.457 e. The molecule has 162 valence electrons. The van der Waals surface area contributed by atoms with Crippen molar-refractivity contribution in [3.05, 3.63) is 12.2 Å². The molecule has 0 aliphatic heterocycles. The van der Waals surface area contributed by atoms with E-state index in [1.165, 1.54) is 0 Å². The van der Waals surface area contributed by atoms with Gasteiger partial charge >= 0.3 is 14.5 Å². The lowest BCUT2D eigenvalue weighted by Crippen LogP contribution is -2.61. The molecule has 0 aliphatic carbocycles. The summed E-state index contributed by atoms with van der Waals surface area (Å²) in [6.07, 6.45) is -0.263. The van der Waals surface area contributed by atoms with E-state index in [1.54, 1.807) is 6.92 Å². The average Bonchev–Trinajstić information content (AvgIpc) is 2.47. The summed E-state index contributed by atoms with van der Waals surface area (Å²) < 4.78 is 18.5. The number of hydrogen-bond donors (Lipinski definition) is 3. The lowest BCUT2D eigenvalue weighted by Gasteiger charge is -2.42. The van der Waals surface area contributed by atoms with Crippen LogP contribution in [0.2, 0.25) is 45.8 Å². The van der Waals surface area contributed by atoms with Crippen LogP contribution in [0.25, 0.3) is 0 Å². The van der Waals surface area contributed by atoms with Crippen molar-refractivity contribution in [2.45, 2.75) is 77.9 Å². The molecule has 3 N–H and O–H groups in total. The first-order valence-electron chi connectivity index (χ1n) is 9.18. The molecule has 1 atom stereocenters. The van der Waals surface area contributed by atoms with Crippen molar-refractivity contribution >= 4 is 31.2 Å². The number of carbonyl (C=O) groups excluding carboxylic acids is 1. The SMILES string of the molecule is C=C(C)C(=O)OC(CC)[Si](C)(O[Si](C)(C)C)O[Si](C)(C)C.OCC(O)CO. The second kappa shape index (κ2) is 12.3. The zero-order valence-corrected chi connectivity index (χ0v) is 21.5. The molecule has 0 spiro atoms. The fraction of sp³-hybridized carbons (Fsp3) is 0.824. The molecule has 0 aliphatic rings. The molecule has 27 heavy (non-hydrogen) atoms. The lowest BCUT2D eigenvalue weighted by atomic mass is 10.4. The third kappa shape index (κ3) is 14.3. The molecule has 0 saturated carbocycles. The topological polar surface area (TPSA) is 105 Å². The smallest absolute Gasteiger partial charge is 0.356 e. The van der Waals surface area contributed by atoms with Crippen LogP contribution < -0.4 is 0 Å². The maximum Gasteiger partial charge on any atom is 0.356 e. The Kier molecular flexibility index (Phi) is 13.1. The van der Waals surface area contributed by atoms with Gasteiger partial charge in [-0.25, -0.2) is 4.79 Å². The molecule has 0 bridgehead atoms. The van der Waals surface area contributed by atoms with Crippen LogP contribution in [-0.4, -0.2) is 71.5 Å². The predicted molar refractivity (Wildman–Crippen MR) is 116 cm³/mol. The maximum atomic E-state index is 11.9. The van der Waals surface area contributed by atoms with Gasteiger partial charge in [0.25, 0.3) is 0 Å². The molecule has 1 unspecified atom stereocenters. The zero-order valence-electron chi connectivity index (χ0n) is 18.5. The molecule has 0 rings (SSSR count). The van der Waals surface area contributed by atoms with Crippen molar-refractivity contribution in [1.29, 1.82) is 0 Å². The van der Waals surface area contributed by atoms with E-state index in [-0.39, 0.29) is 24.9 Å². The van der Waals surface area contributed by atoms with Crippen LogP contribution in [0.3, 0.4) is 0 Å². The number of aliphatic hydroxyl groups is 3. The minimum atomic E-state index is -2.62. The monoisotopic (exact) mass is 440 g/mol. The molecule has 0 heterocycles. The van der Waals surface area contributed by atoms with Gasteiger partial charge in [0, 0.05) is 5.57 Å². The Morgan fingerprint density at radius 2 is 1.33 bits per heavy atom. The van der Waals surface area contributed by atoms with Crippen molar-refractivity contribution in [3.8, 4) is 0 Å².